The van der Waals surface area contributed by atoms with Crippen molar-refractivity contribution in [2.75, 3.05) is 0 Å². The van der Waals surface area contributed by atoms with Crippen LogP contribution in [0.2, 0.25) is 0 Å². The molecule has 17 heavy (non-hydrogen) atoms. The van der Waals surface area contributed by atoms with E-state index in [2.05, 4.69) is 66.7 Å². The van der Waals surface area contributed by atoms with Crippen molar-refractivity contribution in [2.45, 2.75) is 54.9 Å². The van der Waals surface area contributed by atoms with E-state index in [4.69, 9.17) is 0 Å². The second-order valence-electron chi connectivity index (χ2n) is 6.16. The number of hydrogen-bond acceptors (Lipinski definition) is 0. The van der Waals surface area contributed by atoms with Crippen LogP contribution in [0, 0.1) is 17.3 Å². The molecule has 1 unspecified atom stereocenters. The fourth-order valence-corrected chi connectivity index (χ4v) is 2.81. The van der Waals surface area contributed by atoms with Crippen LogP contribution >= 0.6 is 0 Å². The van der Waals surface area contributed by atoms with Gasteiger partial charge < -0.3 is 0 Å². The molecule has 0 amide bonds. The predicted molar refractivity (Wildman–Crippen MR) is 78.0 cm³/mol. The van der Waals surface area contributed by atoms with Gasteiger partial charge in [0, 0.05) is 5.41 Å². The van der Waals surface area contributed by atoms with Gasteiger partial charge >= 0.3 is 0 Å². The van der Waals surface area contributed by atoms with E-state index in [1.54, 1.807) is 11.1 Å². The monoisotopic (exact) mass is 232 g/mol. The van der Waals surface area contributed by atoms with Gasteiger partial charge in [0.1, 0.15) is 0 Å². The van der Waals surface area contributed by atoms with E-state index in [0.29, 0.717) is 5.92 Å². The van der Waals surface area contributed by atoms with Crippen molar-refractivity contribution in [3.8, 4) is 0 Å². The summed E-state index contributed by atoms with van der Waals surface area (Å²) >= 11 is 0. The summed E-state index contributed by atoms with van der Waals surface area (Å²) in [5, 5.41) is 0. The fourth-order valence-electron chi connectivity index (χ4n) is 2.81. The Bertz CT molecular complexity index is 361. The van der Waals surface area contributed by atoms with Crippen LogP contribution in [-0.4, -0.2) is 0 Å². The van der Waals surface area contributed by atoms with Gasteiger partial charge in [-0.2, -0.15) is 0 Å². The molecule has 0 saturated heterocycles. The quantitative estimate of drug-likeness (QED) is 0.547. The van der Waals surface area contributed by atoms with Crippen molar-refractivity contribution >= 4 is 0 Å². The van der Waals surface area contributed by atoms with E-state index >= 15 is 0 Å². The molecule has 0 aromatic carbocycles. The first-order valence-electron chi connectivity index (χ1n) is 6.85. The van der Waals surface area contributed by atoms with Crippen LogP contribution in [0.4, 0.5) is 0 Å². The van der Waals surface area contributed by atoms with E-state index < -0.39 is 0 Å². The van der Waals surface area contributed by atoms with Crippen LogP contribution in [0.1, 0.15) is 54.9 Å². The zero-order valence-electron chi connectivity index (χ0n) is 12.6. The topological polar surface area (TPSA) is 0 Å². The Morgan fingerprint density at radius 2 is 1.88 bits per heavy atom. The summed E-state index contributed by atoms with van der Waals surface area (Å²) in [6.45, 7) is 15.9. The number of allylic oxidation sites excluding steroid dienone is 6. The third kappa shape index (κ3) is 3.34. The molecule has 0 nitrogen and oxygen atoms in total. The van der Waals surface area contributed by atoms with Crippen LogP contribution in [-0.2, 0) is 0 Å². The first-order valence-corrected chi connectivity index (χ1v) is 6.85. The predicted octanol–water partition coefficient (Wildman–Crippen LogP) is 5.53. The van der Waals surface area contributed by atoms with Crippen LogP contribution in [0.15, 0.2) is 34.9 Å². The summed E-state index contributed by atoms with van der Waals surface area (Å²) in [6.07, 6.45) is 8.09. The van der Waals surface area contributed by atoms with Crippen molar-refractivity contribution in [1.29, 1.82) is 0 Å². The SMILES string of the molecule is CC=C(CC=CC(C)(C)C1=C(C)C1C)C(C)C. The summed E-state index contributed by atoms with van der Waals surface area (Å²) in [5.41, 5.74) is 5.01. The average Bonchev–Trinajstić information content (AvgIpc) is 2.82. The highest BCUT2D eigenvalue weighted by atomic mass is 14.4. The van der Waals surface area contributed by atoms with Gasteiger partial charge in [0.05, 0.1) is 0 Å². The highest BCUT2D eigenvalue weighted by molar-refractivity contribution is 5.45. The largest absolute Gasteiger partial charge is 0.0879 e. The second-order valence-corrected chi connectivity index (χ2v) is 6.16. The van der Waals surface area contributed by atoms with Crippen LogP contribution in [0.25, 0.3) is 0 Å². The minimum Gasteiger partial charge on any atom is -0.0879 e. The molecule has 1 aliphatic rings. The zero-order chi connectivity index (χ0) is 13.2. The van der Waals surface area contributed by atoms with Gasteiger partial charge in [0.15, 0.2) is 0 Å². The number of hydrogen-bond donors (Lipinski definition) is 0. The smallest absolute Gasteiger partial charge is 0.00430 e. The molecule has 0 heterocycles. The van der Waals surface area contributed by atoms with E-state index in [-0.39, 0.29) is 5.41 Å². The molecule has 0 aliphatic heterocycles. The highest BCUT2D eigenvalue weighted by Gasteiger charge is 2.37. The molecule has 0 radical (unpaired) electrons. The van der Waals surface area contributed by atoms with Crippen molar-refractivity contribution in [2.24, 2.45) is 17.3 Å². The fraction of sp³-hybridized carbons (Fsp3) is 0.647. The third-order valence-corrected chi connectivity index (χ3v) is 4.12. The van der Waals surface area contributed by atoms with Crippen molar-refractivity contribution < 1.29 is 0 Å². The molecular formula is C17H28. The lowest BCUT2D eigenvalue weighted by atomic mass is 9.86. The maximum Gasteiger partial charge on any atom is 0.00430 e. The summed E-state index contributed by atoms with van der Waals surface area (Å²) in [4.78, 5) is 0. The van der Waals surface area contributed by atoms with E-state index in [0.717, 1.165) is 12.3 Å². The Kier molecular flexibility index (Phi) is 4.41. The third-order valence-electron chi connectivity index (χ3n) is 4.12. The molecule has 0 bridgehead atoms. The van der Waals surface area contributed by atoms with Crippen LogP contribution in [0.5, 0.6) is 0 Å². The molecule has 0 aromatic heterocycles. The Labute approximate surface area is 108 Å². The zero-order valence-corrected chi connectivity index (χ0v) is 12.6. The van der Waals surface area contributed by atoms with Gasteiger partial charge in [-0.25, -0.2) is 0 Å². The van der Waals surface area contributed by atoms with Crippen LogP contribution < -0.4 is 0 Å². The van der Waals surface area contributed by atoms with E-state index in [1.165, 1.54) is 5.57 Å². The molecule has 0 aromatic rings. The lowest BCUT2D eigenvalue weighted by Crippen LogP contribution is -2.06. The van der Waals surface area contributed by atoms with Gasteiger partial charge in [-0.15, -0.1) is 0 Å². The summed E-state index contributed by atoms with van der Waals surface area (Å²) in [5.74, 6) is 1.40. The average molecular weight is 232 g/mol. The second kappa shape index (κ2) is 5.25. The molecule has 0 fully saturated rings. The van der Waals surface area contributed by atoms with Crippen molar-refractivity contribution in [3.05, 3.63) is 34.9 Å². The maximum atomic E-state index is 2.39. The first-order chi connectivity index (χ1) is 7.81. The normalized spacial score (nSPS) is 21.9. The van der Waals surface area contributed by atoms with E-state index in [1.807, 2.05) is 0 Å². The molecule has 96 valence electrons. The molecule has 0 heteroatoms. The van der Waals surface area contributed by atoms with Gasteiger partial charge in [0.25, 0.3) is 0 Å². The molecule has 0 spiro atoms. The summed E-state index contributed by atoms with van der Waals surface area (Å²) < 4.78 is 0. The molecule has 0 saturated carbocycles. The van der Waals surface area contributed by atoms with Crippen molar-refractivity contribution in [3.63, 3.8) is 0 Å². The highest BCUT2D eigenvalue weighted by Crippen LogP contribution is 2.50. The maximum absolute atomic E-state index is 2.39. The summed E-state index contributed by atoms with van der Waals surface area (Å²) in [7, 11) is 0. The molecule has 1 aliphatic carbocycles. The Morgan fingerprint density at radius 3 is 2.24 bits per heavy atom. The van der Waals surface area contributed by atoms with Crippen LogP contribution in [0.3, 0.4) is 0 Å². The molecule has 1 atom stereocenters. The summed E-state index contributed by atoms with van der Waals surface area (Å²) in [6, 6.07) is 0. The van der Waals surface area contributed by atoms with Gasteiger partial charge in [-0.1, -0.05) is 69.6 Å². The lowest BCUT2D eigenvalue weighted by Gasteiger charge is -2.18. The standard InChI is InChI=1S/C17H28/c1-8-15(12(2)3)10-9-11-17(6,7)16-13(4)14(16)5/h8-9,11-13H,10H2,1-7H3. The van der Waals surface area contributed by atoms with E-state index in [9.17, 15) is 0 Å². The van der Waals surface area contributed by atoms with Gasteiger partial charge in [0.2, 0.25) is 0 Å². The first kappa shape index (κ1) is 14.3. The molecule has 0 N–H and O–H groups in total. The molecular weight excluding hydrogens is 204 g/mol. The Morgan fingerprint density at radius 1 is 1.35 bits per heavy atom. The lowest BCUT2D eigenvalue weighted by molar-refractivity contribution is 0.574. The Balaban J connectivity index is 2.60. The van der Waals surface area contributed by atoms with Crippen molar-refractivity contribution in [1.82, 2.24) is 0 Å². The van der Waals surface area contributed by atoms with Gasteiger partial charge in [-0.3, -0.25) is 0 Å². The molecule has 1 rings (SSSR count). The Hall–Kier alpha value is -0.780. The van der Waals surface area contributed by atoms with Gasteiger partial charge in [-0.05, 0) is 32.1 Å². The number of rotatable bonds is 5. The minimum atomic E-state index is 0.249. The minimum absolute atomic E-state index is 0.249.